The van der Waals surface area contributed by atoms with Crippen LogP contribution in [0.3, 0.4) is 0 Å². The summed E-state index contributed by atoms with van der Waals surface area (Å²) in [5, 5.41) is 2.95. The van der Waals surface area contributed by atoms with Crippen molar-refractivity contribution in [2.75, 3.05) is 26.2 Å². The first kappa shape index (κ1) is 16.4. The summed E-state index contributed by atoms with van der Waals surface area (Å²) in [6.07, 6.45) is 3.44. The van der Waals surface area contributed by atoms with Gasteiger partial charge in [-0.1, -0.05) is 13.8 Å². The number of nitrogens with zero attached hydrogens (tertiary/aromatic N) is 1. The summed E-state index contributed by atoms with van der Waals surface area (Å²) >= 11 is 0. The first-order valence-corrected chi connectivity index (χ1v) is 6.84. The van der Waals surface area contributed by atoms with Crippen LogP contribution in [0.1, 0.15) is 46.5 Å². The molecule has 0 aliphatic heterocycles. The van der Waals surface area contributed by atoms with Crippen molar-refractivity contribution in [3.63, 3.8) is 0 Å². The van der Waals surface area contributed by atoms with Crippen LogP contribution < -0.4 is 11.1 Å². The predicted molar refractivity (Wildman–Crippen MR) is 72.9 cm³/mol. The lowest BCUT2D eigenvalue weighted by Crippen LogP contribution is -2.30. The molecule has 0 aliphatic rings. The first-order valence-electron chi connectivity index (χ1n) is 6.84. The van der Waals surface area contributed by atoms with Gasteiger partial charge in [-0.2, -0.15) is 0 Å². The quantitative estimate of drug-likeness (QED) is 0.569. The van der Waals surface area contributed by atoms with E-state index in [4.69, 9.17) is 5.73 Å². The Morgan fingerprint density at radius 1 is 1.29 bits per heavy atom. The molecule has 0 heterocycles. The Morgan fingerprint density at radius 3 is 2.47 bits per heavy atom. The molecule has 4 heteroatoms. The number of nitrogens with one attached hydrogen (secondary N) is 1. The Balaban J connectivity index is 3.38. The second-order valence-corrected chi connectivity index (χ2v) is 4.60. The maximum Gasteiger partial charge on any atom is 0.219 e. The predicted octanol–water partition coefficient (Wildman–Crippen LogP) is 1.35. The minimum atomic E-state index is 0.158. The van der Waals surface area contributed by atoms with Crippen molar-refractivity contribution < 1.29 is 4.79 Å². The molecular weight excluding hydrogens is 214 g/mol. The topological polar surface area (TPSA) is 58.4 Å². The Morgan fingerprint density at radius 2 is 1.94 bits per heavy atom. The SMILES string of the molecule is CCN(CC)CCCNC(=O)CCCC(C)N. The fourth-order valence-corrected chi connectivity index (χ4v) is 1.74. The molecule has 0 bridgehead atoms. The van der Waals surface area contributed by atoms with Gasteiger partial charge >= 0.3 is 0 Å². The van der Waals surface area contributed by atoms with Gasteiger partial charge in [-0.25, -0.2) is 0 Å². The minimum Gasteiger partial charge on any atom is -0.356 e. The highest BCUT2D eigenvalue weighted by Gasteiger charge is 2.03. The molecule has 0 saturated heterocycles. The number of hydrogen-bond donors (Lipinski definition) is 2. The lowest BCUT2D eigenvalue weighted by molar-refractivity contribution is -0.121. The number of hydrogen-bond acceptors (Lipinski definition) is 3. The van der Waals surface area contributed by atoms with Crippen LogP contribution in [0.15, 0.2) is 0 Å². The zero-order chi connectivity index (χ0) is 13.1. The summed E-state index contributed by atoms with van der Waals surface area (Å²) < 4.78 is 0. The van der Waals surface area contributed by atoms with Gasteiger partial charge in [0, 0.05) is 19.0 Å². The molecule has 0 fully saturated rings. The fourth-order valence-electron chi connectivity index (χ4n) is 1.74. The van der Waals surface area contributed by atoms with E-state index in [-0.39, 0.29) is 11.9 Å². The third kappa shape index (κ3) is 10.3. The maximum absolute atomic E-state index is 11.4. The molecule has 102 valence electrons. The fraction of sp³-hybridized carbons (Fsp3) is 0.923. The van der Waals surface area contributed by atoms with Gasteiger partial charge < -0.3 is 16.0 Å². The summed E-state index contributed by atoms with van der Waals surface area (Å²) in [6.45, 7) is 10.3. The van der Waals surface area contributed by atoms with Crippen LogP contribution in [0.25, 0.3) is 0 Å². The average molecular weight is 243 g/mol. The molecule has 0 aliphatic carbocycles. The minimum absolute atomic E-state index is 0.158. The first-order chi connectivity index (χ1) is 8.10. The molecule has 3 N–H and O–H groups in total. The number of carbonyl (C=O) groups is 1. The molecule has 0 spiro atoms. The van der Waals surface area contributed by atoms with Gasteiger partial charge in [0.25, 0.3) is 0 Å². The average Bonchev–Trinajstić information content (AvgIpc) is 2.29. The van der Waals surface area contributed by atoms with Gasteiger partial charge in [-0.3, -0.25) is 4.79 Å². The summed E-state index contributed by atoms with van der Waals surface area (Å²) in [4.78, 5) is 13.8. The van der Waals surface area contributed by atoms with E-state index in [0.717, 1.165) is 45.4 Å². The van der Waals surface area contributed by atoms with Gasteiger partial charge in [0.1, 0.15) is 0 Å². The molecule has 1 atom stereocenters. The van der Waals surface area contributed by atoms with E-state index in [0.29, 0.717) is 6.42 Å². The van der Waals surface area contributed by atoms with Crippen molar-refractivity contribution in [2.45, 2.75) is 52.5 Å². The van der Waals surface area contributed by atoms with Gasteiger partial charge in [-0.15, -0.1) is 0 Å². The largest absolute Gasteiger partial charge is 0.356 e. The number of amides is 1. The third-order valence-corrected chi connectivity index (χ3v) is 2.93. The van der Waals surface area contributed by atoms with Crippen molar-refractivity contribution in [1.82, 2.24) is 10.2 Å². The van der Waals surface area contributed by atoms with Crippen LogP contribution in [0.5, 0.6) is 0 Å². The van der Waals surface area contributed by atoms with E-state index in [1.54, 1.807) is 0 Å². The van der Waals surface area contributed by atoms with Crippen LogP contribution in [0, 0.1) is 0 Å². The molecule has 0 aromatic rings. The number of carbonyl (C=O) groups excluding carboxylic acids is 1. The molecule has 0 aromatic heterocycles. The van der Waals surface area contributed by atoms with E-state index in [1.807, 2.05) is 6.92 Å². The molecule has 17 heavy (non-hydrogen) atoms. The number of nitrogens with two attached hydrogens (primary N) is 1. The molecular formula is C13H29N3O. The highest BCUT2D eigenvalue weighted by Crippen LogP contribution is 1.98. The Hall–Kier alpha value is -0.610. The standard InChI is InChI=1S/C13H29N3O/c1-4-16(5-2)11-7-10-15-13(17)9-6-8-12(3)14/h12H,4-11,14H2,1-3H3,(H,15,17). The zero-order valence-corrected chi connectivity index (χ0v) is 11.7. The van der Waals surface area contributed by atoms with Crippen molar-refractivity contribution in [3.05, 3.63) is 0 Å². The van der Waals surface area contributed by atoms with Crippen LogP contribution in [-0.4, -0.2) is 43.0 Å². The Labute approximate surface area is 106 Å². The van der Waals surface area contributed by atoms with Crippen LogP contribution in [0.4, 0.5) is 0 Å². The van der Waals surface area contributed by atoms with Gasteiger partial charge in [0.2, 0.25) is 5.91 Å². The third-order valence-electron chi connectivity index (χ3n) is 2.93. The molecule has 0 saturated carbocycles. The summed E-state index contributed by atoms with van der Waals surface area (Å²) in [5.41, 5.74) is 5.63. The van der Waals surface area contributed by atoms with Gasteiger partial charge in [0.15, 0.2) is 0 Å². The van der Waals surface area contributed by atoms with E-state index < -0.39 is 0 Å². The molecule has 4 nitrogen and oxygen atoms in total. The summed E-state index contributed by atoms with van der Waals surface area (Å²) in [5.74, 6) is 0.158. The highest BCUT2D eigenvalue weighted by atomic mass is 16.1. The second-order valence-electron chi connectivity index (χ2n) is 4.60. The lowest BCUT2D eigenvalue weighted by atomic mass is 10.1. The van der Waals surface area contributed by atoms with Crippen molar-refractivity contribution >= 4 is 5.91 Å². The Bertz CT molecular complexity index is 191. The highest BCUT2D eigenvalue weighted by molar-refractivity contribution is 5.75. The lowest BCUT2D eigenvalue weighted by Gasteiger charge is -2.17. The smallest absolute Gasteiger partial charge is 0.219 e. The Kier molecular flexibility index (Phi) is 10.2. The summed E-state index contributed by atoms with van der Waals surface area (Å²) in [6, 6.07) is 0.200. The van der Waals surface area contributed by atoms with Gasteiger partial charge in [0.05, 0.1) is 0 Å². The van der Waals surface area contributed by atoms with Crippen molar-refractivity contribution in [3.8, 4) is 0 Å². The van der Waals surface area contributed by atoms with E-state index in [1.165, 1.54) is 0 Å². The zero-order valence-electron chi connectivity index (χ0n) is 11.7. The van der Waals surface area contributed by atoms with E-state index >= 15 is 0 Å². The van der Waals surface area contributed by atoms with Crippen LogP contribution >= 0.6 is 0 Å². The van der Waals surface area contributed by atoms with E-state index in [9.17, 15) is 4.79 Å². The number of rotatable bonds is 10. The summed E-state index contributed by atoms with van der Waals surface area (Å²) in [7, 11) is 0. The molecule has 1 unspecified atom stereocenters. The second kappa shape index (κ2) is 10.5. The van der Waals surface area contributed by atoms with Crippen LogP contribution in [-0.2, 0) is 4.79 Å². The molecule has 0 rings (SSSR count). The van der Waals surface area contributed by atoms with Crippen molar-refractivity contribution in [2.24, 2.45) is 5.73 Å². The molecule has 0 radical (unpaired) electrons. The normalized spacial score (nSPS) is 12.8. The molecule has 0 aromatic carbocycles. The van der Waals surface area contributed by atoms with Crippen molar-refractivity contribution in [1.29, 1.82) is 0 Å². The van der Waals surface area contributed by atoms with E-state index in [2.05, 4.69) is 24.1 Å². The molecule has 1 amide bonds. The van der Waals surface area contributed by atoms with Crippen LogP contribution in [0.2, 0.25) is 0 Å². The maximum atomic E-state index is 11.4. The van der Waals surface area contributed by atoms with Gasteiger partial charge in [-0.05, 0) is 45.8 Å². The monoisotopic (exact) mass is 243 g/mol.